The van der Waals surface area contributed by atoms with Gasteiger partial charge in [-0.1, -0.05) is 34.6 Å². The van der Waals surface area contributed by atoms with Gasteiger partial charge in [0, 0.05) is 0 Å². The van der Waals surface area contributed by atoms with Crippen molar-refractivity contribution in [1.29, 1.82) is 0 Å². The van der Waals surface area contributed by atoms with E-state index in [-0.39, 0.29) is 0 Å². The summed E-state index contributed by atoms with van der Waals surface area (Å²) in [4.78, 5) is 4.94. The lowest BCUT2D eigenvalue weighted by atomic mass is 10.2. The zero-order valence-corrected chi connectivity index (χ0v) is 9.71. The van der Waals surface area contributed by atoms with Gasteiger partial charge in [-0.2, -0.15) is 0 Å². The predicted molar refractivity (Wildman–Crippen MR) is 59.6 cm³/mol. The molecule has 0 aromatic rings. The molecule has 0 aromatic heterocycles. The number of hydrogen-bond donors (Lipinski definition) is 0. The zero-order chi connectivity index (χ0) is 10.3. The van der Waals surface area contributed by atoms with Crippen LogP contribution in [0.1, 0.15) is 34.1 Å². The molecule has 0 fully saturated rings. The minimum atomic E-state index is 0.532. The maximum atomic E-state index is 4.04. The van der Waals surface area contributed by atoms with Crippen LogP contribution in [-0.4, -0.2) is 42.1 Å². The first-order chi connectivity index (χ1) is 6.24. The van der Waals surface area contributed by atoms with Gasteiger partial charge in [0.2, 0.25) is 0 Å². The maximum Gasteiger partial charge on any atom is 0.0622 e. The van der Waals surface area contributed by atoms with Crippen LogP contribution in [0.2, 0.25) is 0 Å². The second-order valence-electron chi connectivity index (χ2n) is 3.21. The molecular formula is C11H25N2. The molecule has 0 aliphatic carbocycles. The van der Waals surface area contributed by atoms with E-state index in [0.29, 0.717) is 6.17 Å². The van der Waals surface area contributed by atoms with E-state index in [0.717, 1.165) is 32.6 Å². The number of rotatable bonds is 7. The molecule has 0 aliphatic rings. The average molecular weight is 185 g/mol. The molecule has 0 saturated carbocycles. The van der Waals surface area contributed by atoms with Crippen LogP contribution < -0.4 is 0 Å². The third-order valence-corrected chi connectivity index (χ3v) is 2.73. The van der Waals surface area contributed by atoms with Crippen LogP contribution in [0.15, 0.2) is 0 Å². The fourth-order valence-electron chi connectivity index (χ4n) is 1.89. The Bertz CT molecular complexity index is 94.7. The SMILES string of the molecule is [CH2]CC(N(CC)CC)N(CC)CC. The Balaban J connectivity index is 4.26. The van der Waals surface area contributed by atoms with Gasteiger partial charge in [0.15, 0.2) is 0 Å². The summed E-state index contributed by atoms with van der Waals surface area (Å²) in [5, 5.41) is 0. The van der Waals surface area contributed by atoms with Crippen LogP contribution >= 0.6 is 0 Å². The predicted octanol–water partition coefficient (Wildman–Crippen LogP) is 2.22. The van der Waals surface area contributed by atoms with Crippen LogP contribution in [0.4, 0.5) is 0 Å². The van der Waals surface area contributed by atoms with E-state index < -0.39 is 0 Å². The zero-order valence-electron chi connectivity index (χ0n) is 9.71. The summed E-state index contributed by atoms with van der Waals surface area (Å²) >= 11 is 0. The van der Waals surface area contributed by atoms with E-state index in [1.165, 1.54) is 0 Å². The highest BCUT2D eigenvalue weighted by atomic mass is 15.3. The molecule has 2 nitrogen and oxygen atoms in total. The molecule has 0 N–H and O–H groups in total. The van der Waals surface area contributed by atoms with Gasteiger partial charge in [-0.3, -0.25) is 9.80 Å². The van der Waals surface area contributed by atoms with E-state index in [2.05, 4.69) is 44.4 Å². The lowest BCUT2D eigenvalue weighted by Crippen LogP contribution is -2.47. The molecule has 0 bridgehead atoms. The van der Waals surface area contributed by atoms with E-state index in [1.54, 1.807) is 0 Å². The van der Waals surface area contributed by atoms with Crippen LogP contribution in [0.5, 0.6) is 0 Å². The Morgan fingerprint density at radius 1 is 0.846 bits per heavy atom. The second kappa shape index (κ2) is 7.34. The Kier molecular flexibility index (Phi) is 7.29. The smallest absolute Gasteiger partial charge is 0.0622 e. The number of nitrogens with zero attached hydrogens (tertiary/aromatic N) is 2. The second-order valence-corrected chi connectivity index (χ2v) is 3.21. The molecule has 0 saturated heterocycles. The quantitative estimate of drug-likeness (QED) is 0.561. The van der Waals surface area contributed by atoms with Crippen LogP contribution in [0, 0.1) is 6.92 Å². The fourth-order valence-corrected chi connectivity index (χ4v) is 1.89. The molecule has 0 heterocycles. The van der Waals surface area contributed by atoms with E-state index in [4.69, 9.17) is 0 Å². The van der Waals surface area contributed by atoms with Crippen molar-refractivity contribution in [1.82, 2.24) is 9.80 Å². The van der Waals surface area contributed by atoms with Gasteiger partial charge >= 0.3 is 0 Å². The van der Waals surface area contributed by atoms with Crippen LogP contribution in [0.25, 0.3) is 0 Å². The molecule has 79 valence electrons. The molecule has 0 atom stereocenters. The monoisotopic (exact) mass is 185 g/mol. The minimum Gasteiger partial charge on any atom is -0.288 e. The van der Waals surface area contributed by atoms with Crippen molar-refractivity contribution < 1.29 is 0 Å². The van der Waals surface area contributed by atoms with E-state index >= 15 is 0 Å². The molecule has 0 aromatic carbocycles. The van der Waals surface area contributed by atoms with Gasteiger partial charge in [0.1, 0.15) is 0 Å². The summed E-state index contributed by atoms with van der Waals surface area (Å²) in [6.07, 6.45) is 1.51. The normalized spacial score (nSPS) is 12.0. The van der Waals surface area contributed by atoms with Crippen LogP contribution in [0.3, 0.4) is 0 Å². The fraction of sp³-hybridized carbons (Fsp3) is 0.909. The third kappa shape index (κ3) is 3.65. The summed E-state index contributed by atoms with van der Waals surface area (Å²) in [7, 11) is 0. The first-order valence-corrected chi connectivity index (χ1v) is 5.52. The van der Waals surface area contributed by atoms with Crippen molar-refractivity contribution in [2.45, 2.75) is 40.3 Å². The first-order valence-electron chi connectivity index (χ1n) is 5.52. The van der Waals surface area contributed by atoms with Crippen molar-refractivity contribution in [3.05, 3.63) is 6.92 Å². The molecule has 0 unspecified atom stereocenters. The van der Waals surface area contributed by atoms with Crippen molar-refractivity contribution >= 4 is 0 Å². The molecule has 0 amide bonds. The molecular weight excluding hydrogens is 160 g/mol. The average Bonchev–Trinajstić information content (AvgIpc) is 2.18. The highest BCUT2D eigenvalue weighted by Gasteiger charge is 2.18. The van der Waals surface area contributed by atoms with Gasteiger partial charge in [-0.15, -0.1) is 0 Å². The summed E-state index contributed by atoms with van der Waals surface area (Å²) in [6, 6.07) is 0. The Morgan fingerprint density at radius 3 is 1.31 bits per heavy atom. The summed E-state index contributed by atoms with van der Waals surface area (Å²) < 4.78 is 0. The number of hydrogen-bond acceptors (Lipinski definition) is 2. The van der Waals surface area contributed by atoms with Gasteiger partial charge in [0.05, 0.1) is 6.17 Å². The minimum absolute atomic E-state index is 0.532. The first kappa shape index (κ1) is 12.9. The van der Waals surface area contributed by atoms with Gasteiger partial charge < -0.3 is 0 Å². The van der Waals surface area contributed by atoms with Crippen LogP contribution in [-0.2, 0) is 0 Å². The summed E-state index contributed by atoms with van der Waals surface area (Å²) in [5.41, 5.74) is 0. The van der Waals surface area contributed by atoms with Gasteiger partial charge in [0.25, 0.3) is 0 Å². The van der Waals surface area contributed by atoms with Crippen molar-refractivity contribution in [3.8, 4) is 0 Å². The van der Waals surface area contributed by atoms with Gasteiger partial charge in [-0.25, -0.2) is 0 Å². The molecule has 0 aliphatic heterocycles. The van der Waals surface area contributed by atoms with Crippen molar-refractivity contribution in [3.63, 3.8) is 0 Å². The van der Waals surface area contributed by atoms with Crippen molar-refractivity contribution in [2.75, 3.05) is 26.2 Å². The lowest BCUT2D eigenvalue weighted by Gasteiger charge is -2.37. The van der Waals surface area contributed by atoms with E-state index in [9.17, 15) is 0 Å². The molecule has 0 spiro atoms. The molecule has 13 heavy (non-hydrogen) atoms. The largest absolute Gasteiger partial charge is 0.288 e. The van der Waals surface area contributed by atoms with E-state index in [1.807, 2.05) is 0 Å². The summed E-state index contributed by atoms with van der Waals surface area (Å²) in [6.45, 7) is 17.4. The maximum absolute atomic E-state index is 4.04. The van der Waals surface area contributed by atoms with Crippen molar-refractivity contribution in [2.24, 2.45) is 0 Å². The highest BCUT2D eigenvalue weighted by molar-refractivity contribution is 4.71. The molecule has 0 rings (SSSR count). The molecule has 1 radical (unpaired) electrons. The summed E-state index contributed by atoms with van der Waals surface area (Å²) in [5.74, 6) is 0. The molecule has 2 heteroatoms. The lowest BCUT2D eigenvalue weighted by molar-refractivity contribution is 0.0585. The Morgan fingerprint density at radius 2 is 1.15 bits per heavy atom. The Labute approximate surface area is 83.9 Å². The Hall–Kier alpha value is -0.0800. The standard InChI is InChI=1S/C11H25N2/c1-6-11(12(7-2)8-3)13(9-4)10-5/h11H,1,6-10H2,2-5H3. The highest BCUT2D eigenvalue weighted by Crippen LogP contribution is 2.08. The topological polar surface area (TPSA) is 6.48 Å². The third-order valence-electron chi connectivity index (χ3n) is 2.73. The van der Waals surface area contributed by atoms with Gasteiger partial charge in [-0.05, 0) is 32.6 Å².